The Morgan fingerprint density at radius 1 is 1.16 bits per heavy atom. The Morgan fingerprint density at radius 2 is 1.89 bits per heavy atom. The van der Waals surface area contributed by atoms with Gasteiger partial charge in [0.05, 0.1) is 16.1 Å². The molecule has 2 aromatic carbocycles. The van der Waals surface area contributed by atoms with E-state index in [4.69, 9.17) is 27.5 Å². The molecule has 1 saturated heterocycles. The van der Waals surface area contributed by atoms with E-state index in [-0.39, 0.29) is 39.9 Å². The monoisotopic (exact) mass is 546 g/mol. The van der Waals surface area contributed by atoms with Crippen molar-refractivity contribution in [3.8, 4) is 17.3 Å². The highest BCUT2D eigenvalue weighted by molar-refractivity contribution is 8.00. The van der Waals surface area contributed by atoms with Gasteiger partial charge in [0.25, 0.3) is 0 Å². The van der Waals surface area contributed by atoms with Gasteiger partial charge < -0.3 is 25.5 Å². The number of nitrogens with one attached hydrogen (secondary N) is 2. The lowest BCUT2D eigenvalue weighted by molar-refractivity contribution is 0.0812. The van der Waals surface area contributed by atoms with Crippen LogP contribution in [0.2, 0.25) is 5.02 Å². The SMILES string of the molecule is CC(=N)c1c(N)nc(-c2ccc(NSc3cc(Cl)ccc3F)c(F)c2)nc1OC1CCN(C(C)C)CC1. The predicted octanol–water partition coefficient (Wildman–Crippen LogP) is 6.42. The number of piperidine rings is 1. The molecule has 0 aliphatic carbocycles. The zero-order chi connectivity index (χ0) is 26.7. The van der Waals surface area contributed by atoms with E-state index in [2.05, 4.69) is 33.4 Å². The molecule has 196 valence electrons. The molecular formula is C26H29ClF2N6OS. The van der Waals surface area contributed by atoms with Crippen molar-refractivity contribution in [1.82, 2.24) is 14.9 Å². The Kier molecular flexibility index (Phi) is 8.51. The molecule has 4 rings (SSSR count). The fourth-order valence-corrected chi connectivity index (χ4v) is 5.07. The van der Waals surface area contributed by atoms with E-state index in [9.17, 15) is 8.78 Å². The number of rotatable bonds is 8. The van der Waals surface area contributed by atoms with Crippen LogP contribution in [0.4, 0.5) is 20.3 Å². The molecule has 1 aliphatic heterocycles. The minimum atomic E-state index is -0.578. The van der Waals surface area contributed by atoms with Crippen molar-refractivity contribution in [2.24, 2.45) is 0 Å². The minimum absolute atomic E-state index is 0.0672. The molecule has 0 radical (unpaired) electrons. The molecule has 3 aromatic rings. The smallest absolute Gasteiger partial charge is 0.228 e. The highest BCUT2D eigenvalue weighted by Gasteiger charge is 2.25. The Bertz CT molecular complexity index is 1300. The van der Waals surface area contributed by atoms with Crippen molar-refractivity contribution in [2.75, 3.05) is 23.5 Å². The minimum Gasteiger partial charge on any atom is -0.474 e. The van der Waals surface area contributed by atoms with E-state index in [1.165, 1.54) is 30.3 Å². The molecule has 1 aromatic heterocycles. The van der Waals surface area contributed by atoms with Crippen LogP contribution in [0.1, 0.15) is 39.2 Å². The third-order valence-corrected chi connectivity index (χ3v) is 7.25. The van der Waals surface area contributed by atoms with Gasteiger partial charge in [-0.25, -0.2) is 13.8 Å². The average Bonchev–Trinajstić information content (AvgIpc) is 2.85. The summed E-state index contributed by atoms with van der Waals surface area (Å²) >= 11 is 6.84. The molecule has 0 atom stereocenters. The number of likely N-dealkylation sites (tertiary alicyclic amines) is 1. The van der Waals surface area contributed by atoms with Gasteiger partial charge in [-0.2, -0.15) is 4.98 Å². The number of aromatic nitrogens is 2. The van der Waals surface area contributed by atoms with Gasteiger partial charge in [-0.05, 0) is 82.0 Å². The molecule has 2 heterocycles. The molecule has 7 nitrogen and oxygen atoms in total. The van der Waals surface area contributed by atoms with Gasteiger partial charge in [-0.3, -0.25) is 0 Å². The lowest BCUT2D eigenvalue weighted by Crippen LogP contribution is -2.42. The largest absolute Gasteiger partial charge is 0.474 e. The van der Waals surface area contributed by atoms with Crippen molar-refractivity contribution in [3.63, 3.8) is 0 Å². The highest BCUT2D eigenvalue weighted by Crippen LogP contribution is 2.32. The fourth-order valence-electron chi connectivity index (χ4n) is 4.09. The summed E-state index contributed by atoms with van der Waals surface area (Å²) in [7, 11) is 0. The number of hydrogen-bond donors (Lipinski definition) is 3. The first-order chi connectivity index (χ1) is 17.6. The number of nitrogen functional groups attached to an aromatic ring is 1. The molecular weight excluding hydrogens is 518 g/mol. The summed E-state index contributed by atoms with van der Waals surface area (Å²) < 4.78 is 38.0. The van der Waals surface area contributed by atoms with Crippen LogP contribution in [0.5, 0.6) is 5.88 Å². The van der Waals surface area contributed by atoms with Gasteiger partial charge >= 0.3 is 0 Å². The van der Waals surface area contributed by atoms with Gasteiger partial charge in [-0.15, -0.1) is 0 Å². The number of ether oxygens (including phenoxy) is 1. The van der Waals surface area contributed by atoms with E-state index in [1.54, 1.807) is 13.0 Å². The molecule has 1 fully saturated rings. The maximum absolute atomic E-state index is 14.9. The number of nitrogens with two attached hydrogens (primary N) is 1. The van der Waals surface area contributed by atoms with Gasteiger partial charge in [0.1, 0.15) is 23.6 Å². The first-order valence-corrected chi connectivity index (χ1v) is 13.1. The van der Waals surface area contributed by atoms with Crippen LogP contribution in [0.25, 0.3) is 11.4 Å². The Hall–Kier alpha value is -2.95. The van der Waals surface area contributed by atoms with Crippen molar-refractivity contribution in [1.29, 1.82) is 5.41 Å². The average molecular weight is 547 g/mol. The molecule has 0 amide bonds. The first-order valence-electron chi connectivity index (χ1n) is 11.9. The highest BCUT2D eigenvalue weighted by atomic mass is 35.5. The number of benzene rings is 2. The van der Waals surface area contributed by atoms with Crippen molar-refractivity contribution < 1.29 is 13.5 Å². The lowest BCUT2D eigenvalue weighted by Gasteiger charge is -2.34. The van der Waals surface area contributed by atoms with E-state index < -0.39 is 11.6 Å². The summed E-state index contributed by atoms with van der Waals surface area (Å²) in [5, 5.41) is 8.53. The van der Waals surface area contributed by atoms with Gasteiger partial charge in [-0.1, -0.05) is 11.6 Å². The molecule has 0 unspecified atom stereocenters. The van der Waals surface area contributed by atoms with Gasteiger partial charge in [0.15, 0.2) is 5.82 Å². The van der Waals surface area contributed by atoms with Gasteiger partial charge in [0.2, 0.25) is 5.88 Å². The Morgan fingerprint density at radius 3 is 2.54 bits per heavy atom. The van der Waals surface area contributed by atoms with E-state index in [1.807, 2.05) is 0 Å². The number of anilines is 2. The number of nitrogens with zero attached hydrogens (tertiary/aromatic N) is 3. The van der Waals surface area contributed by atoms with Crippen LogP contribution < -0.4 is 15.2 Å². The van der Waals surface area contributed by atoms with Crippen LogP contribution in [0, 0.1) is 17.0 Å². The predicted molar refractivity (Wildman–Crippen MR) is 146 cm³/mol. The molecule has 11 heteroatoms. The second kappa shape index (κ2) is 11.6. The van der Waals surface area contributed by atoms with E-state index in [0.29, 0.717) is 22.2 Å². The van der Waals surface area contributed by atoms with Crippen LogP contribution in [0.3, 0.4) is 0 Å². The first kappa shape index (κ1) is 27.1. The molecule has 0 saturated carbocycles. The van der Waals surface area contributed by atoms with E-state index >= 15 is 0 Å². The summed E-state index contributed by atoms with van der Waals surface area (Å²) in [6.07, 6.45) is 1.59. The molecule has 4 N–H and O–H groups in total. The normalized spacial score (nSPS) is 14.7. The summed E-state index contributed by atoms with van der Waals surface area (Å²) in [5.41, 5.74) is 7.27. The van der Waals surface area contributed by atoms with Crippen LogP contribution in [0.15, 0.2) is 41.3 Å². The van der Waals surface area contributed by atoms with Crippen LogP contribution in [-0.2, 0) is 0 Å². The van der Waals surface area contributed by atoms with Crippen molar-refractivity contribution >= 4 is 40.8 Å². The van der Waals surface area contributed by atoms with E-state index in [0.717, 1.165) is 37.9 Å². The fraction of sp³-hybridized carbons (Fsp3) is 0.346. The lowest BCUT2D eigenvalue weighted by atomic mass is 10.1. The summed E-state index contributed by atoms with van der Waals surface area (Å²) in [6, 6.07) is 9.04. The van der Waals surface area contributed by atoms with Crippen LogP contribution >= 0.6 is 23.5 Å². The second-order valence-electron chi connectivity index (χ2n) is 9.16. The topological polar surface area (TPSA) is 100 Å². The maximum atomic E-state index is 14.9. The molecule has 0 spiro atoms. The third kappa shape index (κ3) is 6.49. The Labute approximate surface area is 224 Å². The summed E-state index contributed by atoms with van der Waals surface area (Å²) in [6.45, 7) is 7.76. The summed E-state index contributed by atoms with van der Waals surface area (Å²) in [4.78, 5) is 11.5. The standard InChI is InChI=1S/C26H29ClF2N6OS/c1-14(2)35-10-8-18(9-11-35)36-26-23(15(3)30)24(31)32-25(33-26)16-4-7-21(20(29)12-16)34-37-22-13-17(27)5-6-19(22)28/h4-7,12-14,18,30,34H,8-11H2,1-3H3,(H2,31,32,33). The number of hydrogen-bond acceptors (Lipinski definition) is 8. The molecule has 1 aliphatic rings. The quantitative estimate of drug-likeness (QED) is 0.221. The van der Waals surface area contributed by atoms with Gasteiger partial charge in [0, 0.05) is 35.4 Å². The Balaban J connectivity index is 1.55. The van der Waals surface area contributed by atoms with Crippen molar-refractivity contribution in [3.05, 3.63) is 58.6 Å². The second-order valence-corrected chi connectivity index (χ2v) is 10.4. The molecule has 0 bridgehead atoms. The molecule has 37 heavy (non-hydrogen) atoms. The van der Waals surface area contributed by atoms with Crippen molar-refractivity contribution in [2.45, 2.75) is 50.7 Å². The zero-order valence-corrected chi connectivity index (χ0v) is 22.4. The third-order valence-electron chi connectivity index (χ3n) is 6.16. The zero-order valence-electron chi connectivity index (χ0n) is 20.8. The maximum Gasteiger partial charge on any atom is 0.228 e. The van der Waals surface area contributed by atoms with Crippen LogP contribution in [-0.4, -0.2) is 45.8 Å². The summed E-state index contributed by atoms with van der Waals surface area (Å²) in [5.74, 6) is -0.525. The number of halogens is 3.